The van der Waals surface area contributed by atoms with E-state index in [4.69, 9.17) is 5.10 Å². The molecular formula is C23H26N2OS2. The van der Waals surface area contributed by atoms with Gasteiger partial charge in [0.05, 0.1) is 11.8 Å². The molecule has 0 aromatic carbocycles. The van der Waals surface area contributed by atoms with Crippen LogP contribution in [0.3, 0.4) is 0 Å². The molecule has 146 valence electrons. The summed E-state index contributed by atoms with van der Waals surface area (Å²) in [6, 6.07) is 8.65. The van der Waals surface area contributed by atoms with Crippen LogP contribution in [0.2, 0.25) is 0 Å². The molecule has 0 saturated heterocycles. The smallest absolute Gasteiger partial charge is 0.246 e. The molecule has 1 aliphatic heterocycles. The molecule has 2 aliphatic carbocycles. The normalized spacial score (nSPS) is 27.1. The zero-order valence-corrected chi connectivity index (χ0v) is 17.7. The fourth-order valence-electron chi connectivity index (χ4n) is 5.00. The molecule has 3 heterocycles. The predicted octanol–water partition coefficient (Wildman–Crippen LogP) is 6.51. The van der Waals surface area contributed by atoms with E-state index in [1.54, 1.807) is 22.7 Å². The van der Waals surface area contributed by atoms with Gasteiger partial charge in [-0.25, -0.2) is 5.01 Å². The maximum absolute atomic E-state index is 13.5. The molecule has 2 aromatic rings. The van der Waals surface area contributed by atoms with E-state index < -0.39 is 0 Å². The van der Waals surface area contributed by atoms with Crippen LogP contribution in [0.5, 0.6) is 0 Å². The number of amides is 1. The number of hydrogen-bond acceptors (Lipinski definition) is 4. The summed E-state index contributed by atoms with van der Waals surface area (Å²) in [6.45, 7) is 0. The predicted molar refractivity (Wildman–Crippen MR) is 118 cm³/mol. The number of hydrazone groups is 1. The van der Waals surface area contributed by atoms with E-state index in [0.717, 1.165) is 25.7 Å². The Morgan fingerprint density at radius 3 is 2.61 bits per heavy atom. The highest BCUT2D eigenvalue weighted by Crippen LogP contribution is 2.46. The van der Waals surface area contributed by atoms with E-state index in [1.807, 2.05) is 5.01 Å². The second-order valence-corrected chi connectivity index (χ2v) is 10.1. The SMILES string of the molecule is O=C(C1CCCCC1)N1N=C2/C(=C\c3cccs3)CCCC2C1c1cccs1. The van der Waals surface area contributed by atoms with Crippen LogP contribution in [0.15, 0.2) is 45.7 Å². The van der Waals surface area contributed by atoms with Gasteiger partial charge in [-0.3, -0.25) is 4.79 Å². The van der Waals surface area contributed by atoms with Gasteiger partial charge in [0.1, 0.15) is 0 Å². The van der Waals surface area contributed by atoms with E-state index >= 15 is 0 Å². The quantitative estimate of drug-likeness (QED) is 0.567. The molecule has 5 rings (SSSR count). The Kier molecular flexibility index (Phi) is 5.20. The molecule has 0 N–H and O–H groups in total. The number of allylic oxidation sites excluding steroid dienone is 1. The molecule has 0 spiro atoms. The van der Waals surface area contributed by atoms with Gasteiger partial charge in [0.15, 0.2) is 0 Å². The van der Waals surface area contributed by atoms with Gasteiger partial charge < -0.3 is 0 Å². The Hall–Kier alpha value is -1.72. The maximum atomic E-state index is 13.5. The summed E-state index contributed by atoms with van der Waals surface area (Å²) in [7, 11) is 0. The van der Waals surface area contributed by atoms with Crippen LogP contribution in [-0.4, -0.2) is 16.6 Å². The van der Waals surface area contributed by atoms with Gasteiger partial charge in [-0.1, -0.05) is 31.4 Å². The number of hydrogen-bond donors (Lipinski definition) is 0. The third-order valence-corrected chi connectivity index (χ3v) is 8.14. The van der Waals surface area contributed by atoms with E-state index in [-0.39, 0.29) is 17.9 Å². The summed E-state index contributed by atoms with van der Waals surface area (Å²) in [6.07, 6.45) is 11.3. The molecule has 28 heavy (non-hydrogen) atoms. The fourth-order valence-corrected chi connectivity index (χ4v) is 6.56. The van der Waals surface area contributed by atoms with Crippen molar-refractivity contribution in [1.29, 1.82) is 0 Å². The highest BCUT2D eigenvalue weighted by Gasteiger charge is 2.45. The molecule has 2 fully saturated rings. The number of rotatable bonds is 3. The first kappa shape index (κ1) is 18.3. The molecule has 2 saturated carbocycles. The van der Waals surface area contributed by atoms with Gasteiger partial charge in [0, 0.05) is 21.6 Å². The fraction of sp³-hybridized carbons (Fsp3) is 0.478. The van der Waals surface area contributed by atoms with Gasteiger partial charge in [-0.2, -0.15) is 5.10 Å². The zero-order chi connectivity index (χ0) is 18.9. The van der Waals surface area contributed by atoms with Crippen LogP contribution in [0.25, 0.3) is 6.08 Å². The van der Waals surface area contributed by atoms with Crippen LogP contribution in [0, 0.1) is 11.8 Å². The zero-order valence-electron chi connectivity index (χ0n) is 16.0. The Morgan fingerprint density at radius 2 is 1.86 bits per heavy atom. The lowest BCUT2D eigenvalue weighted by Gasteiger charge is -2.31. The summed E-state index contributed by atoms with van der Waals surface area (Å²) in [5, 5.41) is 11.2. The first-order chi connectivity index (χ1) is 13.8. The number of thiophene rings is 2. The number of carbonyl (C=O) groups excluding carboxylic acids is 1. The average molecular weight is 411 g/mol. The molecule has 2 atom stereocenters. The van der Waals surface area contributed by atoms with Crippen molar-refractivity contribution >= 4 is 40.4 Å². The Bertz CT molecular complexity index is 876. The standard InChI is InChI=1S/C23H26N2OS2/c26-23(16-7-2-1-3-8-16)25-22(20-12-6-14-28-20)19-11-4-9-17(21(19)24-25)15-18-10-5-13-27-18/h5-6,10,12-16,19,22H,1-4,7-9,11H2/b17-15-. The van der Waals surface area contributed by atoms with Gasteiger partial charge in [-0.05, 0) is 66.6 Å². The number of nitrogens with zero attached hydrogens (tertiary/aromatic N) is 2. The van der Waals surface area contributed by atoms with Crippen LogP contribution in [0.1, 0.15) is 67.2 Å². The molecular weight excluding hydrogens is 384 g/mol. The van der Waals surface area contributed by atoms with Crippen molar-refractivity contribution in [1.82, 2.24) is 5.01 Å². The summed E-state index contributed by atoms with van der Waals surface area (Å²) >= 11 is 3.53. The third-order valence-electron chi connectivity index (χ3n) is 6.38. The first-order valence-corrected chi connectivity index (χ1v) is 12.3. The number of fused-ring (bicyclic) bond motifs is 1. The molecule has 1 amide bonds. The average Bonchev–Trinajstić information content (AvgIpc) is 3.48. The van der Waals surface area contributed by atoms with E-state index in [9.17, 15) is 4.79 Å². The summed E-state index contributed by atoms with van der Waals surface area (Å²) in [5.74, 6) is 0.757. The minimum Gasteiger partial charge on any atom is -0.273 e. The Labute approximate surface area is 174 Å². The monoisotopic (exact) mass is 410 g/mol. The summed E-state index contributed by atoms with van der Waals surface area (Å²) in [4.78, 5) is 16.0. The van der Waals surface area contributed by atoms with Crippen LogP contribution >= 0.6 is 22.7 Å². The van der Waals surface area contributed by atoms with Gasteiger partial charge in [-0.15, -0.1) is 22.7 Å². The Morgan fingerprint density at radius 1 is 1.04 bits per heavy atom. The molecule has 0 radical (unpaired) electrons. The lowest BCUT2D eigenvalue weighted by molar-refractivity contribution is -0.139. The largest absolute Gasteiger partial charge is 0.273 e. The highest BCUT2D eigenvalue weighted by atomic mass is 32.1. The van der Waals surface area contributed by atoms with Crippen LogP contribution in [0.4, 0.5) is 0 Å². The second kappa shape index (κ2) is 7.96. The van der Waals surface area contributed by atoms with Crippen molar-refractivity contribution in [2.24, 2.45) is 16.9 Å². The number of carbonyl (C=O) groups is 1. The van der Waals surface area contributed by atoms with E-state index in [1.165, 1.54) is 46.7 Å². The van der Waals surface area contributed by atoms with E-state index in [0.29, 0.717) is 5.92 Å². The van der Waals surface area contributed by atoms with Crippen molar-refractivity contribution in [3.05, 3.63) is 50.4 Å². The van der Waals surface area contributed by atoms with Gasteiger partial charge in [0.2, 0.25) is 5.91 Å². The molecule has 3 nitrogen and oxygen atoms in total. The van der Waals surface area contributed by atoms with Crippen molar-refractivity contribution in [2.45, 2.75) is 57.4 Å². The lowest BCUT2D eigenvalue weighted by Crippen LogP contribution is -2.36. The molecule has 3 aliphatic rings. The van der Waals surface area contributed by atoms with Gasteiger partial charge in [0.25, 0.3) is 0 Å². The minimum absolute atomic E-state index is 0.0939. The lowest BCUT2D eigenvalue weighted by atomic mass is 9.79. The van der Waals surface area contributed by atoms with Crippen LogP contribution < -0.4 is 0 Å². The maximum Gasteiger partial charge on any atom is 0.246 e. The first-order valence-electron chi connectivity index (χ1n) is 10.5. The van der Waals surface area contributed by atoms with Crippen molar-refractivity contribution in [3.63, 3.8) is 0 Å². The Balaban J connectivity index is 1.51. The van der Waals surface area contributed by atoms with Gasteiger partial charge >= 0.3 is 0 Å². The molecule has 5 heteroatoms. The topological polar surface area (TPSA) is 32.7 Å². The summed E-state index contributed by atoms with van der Waals surface area (Å²) in [5.41, 5.74) is 2.50. The molecule has 2 unspecified atom stereocenters. The third kappa shape index (κ3) is 3.39. The van der Waals surface area contributed by atoms with Crippen molar-refractivity contribution in [3.8, 4) is 0 Å². The molecule has 0 bridgehead atoms. The van der Waals surface area contributed by atoms with Crippen molar-refractivity contribution in [2.75, 3.05) is 0 Å². The summed E-state index contributed by atoms with van der Waals surface area (Å²) < 4.78 is 0. The second-order valence-electron chi connectivity index (χ2n) is 8.15. The van der Waals surface area contributed by atoms with Crippen molar-refractivity contribution < 1.29 is 4.79 Å². The van der Waals surface area contributed by atoms with E-state index in [2.05, 4.69) is 41.1 Å². The minimum atomic E-state index is 0.0939. The molecule has 2 aromatic heterocycles. The highest BCUT2D eigenvalue weighted by molar-refractivity contribution is 7.11. The van der Waals surface area contributed by atoms with Crippen LogP contribution in [-0.2, 0) is 4.79 Å².